The molecule has 8 nitrogen and oxygen atoms in total. The Hall–Kier alpha value is -2.19. The fraction of sp³-hybridized carbons (Fsp3) is 0.806. The van der Waals surface area contributed by atoms with Crippen LogP contribution in [0.4, 0.5) is 0 Å². The number of hydrogen-bond acceptors (Lipinski definition) is 8. The molecule has 12 atom stereocenters. The normalized spacial score (nSPS) is 41.9. The Morgan fingerprint density at radius 1 is 1.18 bits per heavy atom. The number of carbonyl (C=O) groups is 3. The van der Waals surface area contributed by atoms with Crippen molar-refractivity contribution >= 4 is 17.9 Å². The second-order valence-corrected chi connectivity index (χ2v) is 15.6. The highest BCUT2D eigenvalue weighted by Crippen LogP contribution is 2.63. The van der Waals surface area contributed by atoms with Gasteiger partial charge in [-0.15, -0.1) is 0 Å². The Labute approximate surface area is 264 Å². The van der Waals surface area contributed by atoms with Gasteiger partial charge in [-0.2, -0.15) is 0 Å². The van der Waals surface area contributed by atoms with E-state index in [1.807, 2.05) is 0 Å². The van der Waals surface area contributed by atoms with Crippen molar-refractivity contribution in [1.29, 1.82) is 0 Å². The van der Waals surface area contributed by atoms with E-state index >= 15 is 0 Å². The van der Waals surface area contributed by atoms with Crippen LogP contribution in [0, 0.1) is 46.8 Å². The lowest BCUT2D eigenvalue weighted by Crippen LogP contribution is -2.65. The lowest BCUT2D eigenvalue weighted by atomic mass is 9.53. The van der Waals surface area contributed by atoms with Crippen LogP contribution in [0.25, 0.3) is 0 Å². The Kier molecular flexibility index (Phi) is 9.89. The Bertz CT molecular complexity index is 1170. The van der Waals surface area contributed by atoms with E-state index in [0.29, 0.717) is 30.8 Å². The standard InChI is InChI=1S/C36H56O8/c1-11-20(4)15-35(10,40)18-30(38)44-29-17-34(9)16-26-21(5)12-13-27-23(7)42-33(39)32(43-24(8)37)36(27,41)22(6)25(26)14-28(34)31(29)19(2)3/h12,19-20,23,25-29,31-32,40-41H,6,11,13-18H2,1-5,7-10H3/b21-12-/t20?,23-,25+,26+,27-,28-,29+,31+,32+,34-,35?,36+/m1/s1. The molecule has 1 heterocycles. The molecule has 1 aliphatic heterocycles. The van der Waals surface area contributed by atoms with Gasteiger partial charge in [-0.1, -0.05) is 59.3 Å². The second kappa shape index (κ2) is 12.5. The molecule has 0 spiro atoms. The SMILES string of the molecule is C=C1[C@@H]2C[C@@H]3[C@H](C(C)C)[C@@H](OC(=O)CC(C)(O)CC(C)CC)C[C@@]3(C)C[C@H]2/C(C)=C\C[C@@H]2[C@@H](C)OC(=O)[C@H](OC(C)=O)[C@]12O. The van der Waals surface area contributed by atoms with E-state index in [0.717, 1.165) is 19.3 Å². The molecule has 0 bridgehead atoms. The van der Waals surface area contributed by atoms with Gasteiger partial charge in [0.2, 0.25) is 6.10 Å². The van der Waals surface area contributed by atoms with Gasteiger partial charge < -0.3 is 24.4 Å². The Morgan fingerprint density at radius 3 is 2.43 bits per heavy atom. The molecule has 3 fully saturated rings. The molecule has 248 valence electrons. The predicted molar refractivity (Wildman–Crippen MR) is 167 cm³/mol. The Balaban J connectivity index is 1.66. The zero-order valence-corrected chi connectivity index (χ0v) is 28.4. The van der Waals surface area contributed by atoms with Gasteiger partial charge in [0.05, 0.1) is 12.0 Å². The third-order valence-corrected chi connectivity index (χ3v) is 11.8. The van der Waals surface area contributed by atoms with Crippen LogP contribution >= 0.6 is 0 Å². The number of allylic oxidation sites excluding steroid dienone is 2. The Morgan fingerprint density at radius 2 is 1.84 bits per heavy atom. The van der Waals surface area contributed by atoms with Crippen molar-refractivity contribution in [2.24, 2.45) is 46.8 Å². The number of hydrogen-bond donors (Lipinski definition) is 2. The first kappa shape index (κ1) is 34.7. The van der Waals surface area contributed by atoms with Crippen LogP contribution in [0.15, 0.2) is 23.8 Å². The lowest BCUT2D eigenvalue weighted by Gasteiger charge is -2.54. The second-order valence-electron chi connectivity index (χ2n) is 15.6. The molecule has 1 saturated heterocycles. The number of cyclic esters (lactones) is 1. The first-order valence-electron chi connectivity index (χ1n) is 16.7. The van der Waals surface area contributed by atoms with E-state index in [-0.39, 0.29) is 53.5 Å². The highest BCUT2D eigenvalue weighted by molar-refractivity contribution is 5.82. The quantitative estimate of drug-likeness (QED) is 0.196. The smallest absolute Gasteiger partial charge is 0.351 e. The molecule has 2 unspecified atom stereocenters. The van der Waals surface area contributed by atoms with Crippen LogP contribution in [0.3, 0.4) is 0 Å². The number of esters is 3. The summed E-state index contributed by atoms with van der Waals surface area (Å²) in [6.07, 6.45) is 3.97. The summed E-state index contributed by atoms with van der Waals surface area (Å²) in [5.41, 5.74) is -1.27. The fourth-order valence-electron chi connectivity index (χ4n) is 9.50. The molecular weight excluding hydrogens is 560 g/mol. The molecule has 8 heteroatoms. The van der Waals surface area contributed by atoms with Gasteiger partial charge in [0.15, 0.2) is 0 Å². The predicted octanol–water partition coefficient (Wildman–Crippen LogP) is 5.93. The molecule has 0 aromatic carbocycles. The average molecular weight is 617 g/mol. The van der Waals surface area contributed by atoms with Crippen molar-refractivity contribution in [3.05, 3.63) is 23.8 Å². The summed E-state index contributed by atoms with van der Waals surface area (Å²) in [7, 11) is 0. The van der Waals surface area contributed by atoms with Gasteiger partial charge in [-0.05, 0) is 93.5 Å². The first-order valence-corrected chi connectivity index (χ1v) is 16.7. The van der Waals surface area contributed by atoms with E-state index in [2.05, 4.69) is 54.2 Å². The minimum atomic E-state index is -1.77. The highest BCUT2D eigenvalue weighted by atomic mass is 16.6. The van der Waals surface area contributed by atoms with E-state index < -0.39 is 41.3 Å². The lowest BCUT2D eigenvalue weighted by molar-refractivity contribution is -0.218. The summed E-state index contributed by atoms with van der Waals surface area (Å²) in [6.45, 7) is 22.1. The van der Waals surface area contributed by atoms with Crippen LogP contribution in [0.1, 0.15) is 107 Å². The number of carbonyl (C=O) groups excluding carboxylic acids is 3. The van der Waals surface area contributed by atoms with Crippen molar-refractivity contribution in [3.63, 3.8) is 0 Å². The van der Waals surface area contributed by atoms with Gasteiger partial charge in [0.1, 0.15) is 17.8 Å². The van der Waals surface area contributed by atoms with E-state index in [1.165, 1.54) is 12.5 Å². The van der Waals surface area contributed by atoms with Gasteiger partial charge in [-0.3, -0.25) is 9.59 Å². The fourth-order valence-corrected chi connectivity index (χ4v) is 9.50. The number of fused-ring (bicyclic) bond motifs is 3. The van der Waals surface area contributed by atoms with Gasteiger partial charge >= 0.3 is 17.9 Å². The van der Waals surface area contributed by atoms with Crippen LogP contribution < -0.4 is 0 Å². The molecule has 3 aliphatic carbocycles. The third kappa shape index (κ3) is 6.40. The van der Waals surface area contributed by atoms with Crippen LogP contribution in [-0.2, 0) is 28.6 Å². The number of rotatable bonds is 8. The van der Waals surface area contributed by atoms with Gasteiger partial charge in [-0.25, -0.2) is 4.79 Å². The summed E-state index contributed by atoms with van der Waals surface area (Å²) in [6, 6.07) is 0. The zero-order chi connectivity index (χ0) is 32.9. The molecule has 4 rings (SSSR count). The number of aliphatic hydroxyl groups is 2. The van der Waals surface area contributed by atoms with Gasteiger partial charge in [0, 0.05) is 18.8 Å². The summed E-state index contributed by atoms with van der Waals surface area (Å²) in [5.74, 6) is -1.59. The minimum Gasteiger partial charge on any atom is -0.462 e. The average Bonchev–Trinajstić information content (AvgIpc) is 3.18. The van der Waals surface area contributed by atoms with Gasteiger partial charge in [0.25, 0.3) is 0 Å². The summed E-state index contributed by atoms with van der Waals surface area (Å²) in [5, 5.41) is 23.5. The van der Waals surface area contributed by atoms with E-state index in [4.69, 9.17) is 14.2 Å². The largest absolute Gasteiger partial charge is 0.462 e. The van der Waals surface area contributed by atoms with Crippen molar-refractivity contribution in [1.82, 2.24) is 0 Å². The van der Waals surface area contributed by atoms with E-state index in [9.17, 15) is 24.6 Å². The monoisotopic (exact) mass is 616 g/mol. The van der Waals surface area contributed by atoms with Crippen molar-refractivity contribution < 1.29 is 38.8 Å². The zero-order valence-electron chi connectivity index (χ0n) is 28.4. The molecule has 4 aliphatic rings. The molecule has 0 radical (unpaired) electrons. The molecule has 0 aromatic rings. The third-order valence-electron chi connectivity index (χ3n) is 11.8. The maximum Gasteiger partial charge on any atom is 0.351 e. The summed E-state index contributed by atoms with van der Waals surface area (Å²) >= 11 is 0. The molecule has 2 saturated carbocycles. The van der Waals surface area contributed by atoms with Crippen LogP contribution in [-0.4, -0.2) is 57.6 Å². The van der Waals surface area contributed by atoms with Crippen molar-refractivity contribution in [2.75, 3.05) is 0 Å². The van der Waals surface area contributed by atoms with Crippen molar-refractivity contribution in [2.45, 2.75) is 137 Å². The molecule has 44 heavy (non-hydrogen) atoms. The molecule has 0 amide bonds. The molecule has 0 aromatic heterocycles. The summed E-state index contributed by atoms with van der Waals surface area (Å²) in [4.78, 5) is 38.5. The summed E-state index contributed by atoms with van der Waals surface area (Å²) < 4.78 is 17.3. The maximum atomic E-state index is 13.3. The first-order chi connectivity index (χ1) is 20.3. The van der Waals surface area contributed by atoms with E-state index in [1.54, 1.807) is 13.8 Å². The topological polar surface area (TPSA) is 119 Å². The molecular formula is C36H56O8. The van der Waals surface area contributed by atoms with Crippen LogP contribution in [0.2, 0.25) is 0 Å². The highest BCUT2D eigenvalue weighted by Gasteiger charge is 2.64. The van der Waals surface area contributed by atoms with Crippen LogP contribution in [0.5, 0.6) is 0 Å². The number of ether oxygens (including phenoxy) is 3. The van der Waals surface area contributed by atoms with Crippen molar-refractivity contribution in [3.8, 4) is 0 Å². The minimum absolute atomic E-state index is 0.0375. The maximum absolute atomic E-state index is 13.3. The molecule has 2 N–H and O–H groups in total.